The molecular formula is C10H6F5NO. The van der Waals surface area contributed by atoms with Crippen molar-refractivity contribution in [1.82, 2.24) is 0 Å². The minimum Gasteiger partial charge on any atom is -0.373 e. The first-order valence-electron chi connectivity index (χ1n) is 4.64. The second kappa shape index (κ2) is 3.68. The quantitative estimate of drug-likeness (QED) is 0.718. The molecule has 1 aliphatic heterocycles. The molecule has 1 aromatic carbocycles. The van der Waals surface area contributed by atoms with Crippen molar-refractivity contribution >= 4 is 11.5 Å². The van der Waals surface area contributed by atoms with Crippen LogP contribution in [0.25, 0.3) is 0 Å². The summed E-state index contributed by atoms with van der Waals surface area (Å²) < 4.78 is 62.9. The summed E-state index contributed by atoms with van der Waals surface area (Å²) in [5.74, 6) is -3.42. The fourth-order valence-electron chi connectivity index (χ4n) is 1.63. The Morgan fingerprint density at radius 3 is 2.35 bits per heavy atom. The average molecular weight is 251 g/mol. The van der Waals surface area contributed by atoms with Gasteiger partial charge in [-0.15, -0.1) is 0 Å². The minimum absolute atomic E-state index is 0.260. The van der Waals surface area contributed by atoms with Gasteiger partial charge in [0.25, 0.3) is 0 Å². The molecular weight excluding hydrogens is 245 g/mol. The van der Waals surface area contributed by atoms with E-state index in [0.29, 0.717) is 12.1 Å². The van der Waals surface area contributed by atoms with Crippen LogP contribution in [0.1, 0.15) is 16.8 Å². The van der Waals surface area contributed by atoms with Crippen molar-refractivity contribution in [2.45, 2.75) is 18.6 Å². The van der Waals surface area contributed by atoms with Gasteiger partial charge in [0, 0.05) is 23.7 Å². The number of hydrogen-bond acceptors (Lipinski definition) is 2. The van der Waals surface area contributed by atoms with Crippen LogP contribution in [0.3, 0.4) is 0 Å². The number of carbonyl (C=O) groups is 1. The summed E-state index contributed by atoms with van der Waals surface area (Å²) in [5.41, 5.74) is -0.591. The molecule has 0 saturated heterocycles. The van der Waals surface area contributed by atoms with Gasteiger partial charge in [-0.3, -0.25) is 4.79 Å². The van der Waals surface area contributed by atoms with E-state index >= 15 is 0 Å². The fourth-order valence-corrected chi connectivity index (χ4v) is 1.63. The SMILES string of the molecule is O=C1CC(C(F)(F)F)Nc2cc(F)c(F)cc21. The average Bonchev–Trinajstić information content (AvgIpc) is 2.19. The van der Waals surface area contributed by atoms with E-state index in [1.54, 1.807) is 0 Å². The maximum absolute atomic E-state index is 12.8. The Labute approximate surface area is 92.4 Å². The Kier molecular flexibility index (Phi) is 2.56. The molecule has 0 bridgehead atoms. The molecule has 0 aromatic heterocycles. The number of carbonyl (C=O) groups excluding carboxylic acids is 1. The van der Waals surface area contributed by atoms with E-state index in [9.17, 15) is 26.7 Å². The molecule has 2 nitrogen and oxygen atoms in total. The van der Waals surface area contributed by atoms with Gasteiger partial charge in [-0.05, 0) is 6.07 Å². The Hall–Kier alpha value is -1.66. The van der Waals surface area contributed by atoms with Crippen molar-refractivity contribution in [3.8, 4) is 0 Å². The third kappa shape index (κ3) is 2.09. The summed E-state index contributed by atoms with van der Waals surface area (Å²) in [5, 5.41) is 1.98. The second-order valence-corrected chi connectivity index (χ2v) is 3.68. The van der Waals surface area contributed by atoms with E-state index in [4.69, 9.17) is 0 Å². The molecule has 0 aliphatic carbocycles. The van der Waals surface area contributed by atoms with Crippen LogP contribution in [0.2, 0.25) is 0 Å². The van der Waals surface area contributed by atoms with Crippen LogP contribution in [0.4, 0.5) is 27.6 Å². The summed E-state index contributed by atoms with van der Waals surface area (Å²) in [6.45, 7) is 0. The van der Waals surface area contributed by atoms with Crippen LogP contribution in [0.5, 0.6) is 0 Å². The first-order chi connectivity index (χ1) is 7.79. The number of benzene rings is 1. The first-order valence-corrected chi connectivity index (χ1v) is 4.64. The second-order valence-electron chi connectivity index (χ2n) is 3.68. The topological polar surface area (TPSA) is 29.1 Å². The van der Waals surface area contributed by atoms with Crippen LogP contribution in [0, 0.1) is 11.6 Å². The number of fused-ring (bicyclic) bond motifs is 1. The zero-order valence-corrected chi connectivity index (χ0v) is 8.24. The van der Waals surface area contributed by atoms with E-state index in [0.717, 1.165) is 0 Å². The maximum atomic E-state index is 12.8. The van der Waals surface area contributed by atoms with Gasteiger partial charge in [0.15, 0.2) is 17.4 Å². The molecule has 0 amide bonds. The van der Waals surface area contributed by atoms with Crippen LogP contribution in [-0.4, -0.2) is 18.0 Å². The highest BCUT2D eigenvalue weighted by Gasteiger charge is 2.44. The van der Waals surface area contributed by atoms with E-state index in [-0.39, 0.29) is 11.3 Å². The molecule has 0 spiro atoms. The Balaban J connectivity index is 2.43. The fraction of sp³-hybridized carbons (Fsp3) is 0.300. The summed E-state index contributed by atoms with van der Waals surface area (Å²) in [7, 11) is 0. The molecule has 1 atom stereocenters. The number of Topliss-reactive ketones (excluding diaryl/α,β-unsaturated/α-hetero) is 1. The van der Waals surface area contributed by atoms with Crippen molar-refractivity contribution in [1.29, 1.82) is 0 Å². The van der Waals surface area contributed by atoms with Gasteiger partial charge in [0.2, 0.25) is 0 Å². The third-order valence-electron chi connectivity index (χ3n) is 2.48. The number of alkyl halides is 3. The number of rotatable bonds is 0. The van der Waals surface area contributed by atoms with Crippen LogP contribution in [0.15, 0.2) is 12.1 Å². The van der Waals surface area contributed by atoms with Gasteiger partial charge in [-0.1, -0.05) is 0 Å². The number of hydrogen-bond donors (Lipinski definition) is 1. The van der Waals surface area contributed by atoms with Crippen molar-refractivity contribution in [3.05, 3.63) is 29.3 Å². The van der Waals surface area contributed by atoms with Crippen molar-refractivity contribution in [2.24, 2.45) is 0 Å². The van der Waals surface area contributed by atoms with Gasteiger partial charge in [-0.25, -0.2) is 8.78 Å². The van der Waals surface area contributed by atoms with Crippen molar-refractivity contribution in [2.75, 3.05) is 5.32 Å². The van der Waals surface area contributed by atoms with Crippen molar-refractivity contribution < 1.29 is 26.7 Å². The van der Waals surface area contributed by atoms with Gasteiger partial charge >= 0.3 is 6.18 Å². The van der Waals surface area contributed by atoms with Crippen molar-refractivity contribution in [3.63, 3.8) is 0 Å². The Morgan fingerprint density at radius 2 is 1.76 bits per heavy atom. The lowest BCUT2D eigenvalue weighted by Gasteiger charge is -2.27. The predicted octanol–water partition coefficient (Wildman–Crippen LogP) is 2.89. The van der Waals surface area contributed by atoms with Gasteiger partial charge in [0.05, 0.1) is 0 Å². The summed E-state index contributed by atoms with van der Waals surface area (Å²) in [6.07, 6.45) is -5.43. The molecule has 92 valence electrons. The normalized spacial score (nSPS) is 19.8. The predicted molar refractivity (Wildman–Crippen MR) is 48.8 cm³/mol. The standard InChI is InChI=1S/C10H6F5NO/c11-5-1-4-7(2-6(5)12)16-9(3-8(4)17)10(13,14)15/h1-2,9,16H,3H2. The highest BCUT2D eigenvalue weighted by atomic mass is 19.4. The first kappa shape index (κ1) is 11.8. The van der Waals surface area contributed by atoms with E-state index in [1.165, 1.54) is 0 Å². The zero-order valence-electron chi connectivity index (χ0n) is 8.24. The summed E-state index contributed by atoms with van der Waals surface area (Å²) in [6, 6.07) is -0.903. The van der Waals surface area contributed by atoms with E-state index < -0.39 is 36.1 Å². The van der Waals surface area contributed by atoms with E-state index in [2.05, 4.69) is 0 Å². The molecule has 7 heteroatoms. The summed E-state index contributed by atoms with van der Waals surface area (Å²) in [4.78, 5) is 11.4. The molecule has 0 radical (unpaired) electrons. The van der Waals surface area contributed by atoms with Gasteiger partial charge < -0.3 is 5.32 Å². The molecule has 1 heterocycles. The number of ketones is 1. The smallest absolute Gasteiger partial charge is 0.373 e. The number of nitrogens with one attached hydrogen (secondary N) is 1. The lowest BCUT2D eigenvalue weighted by molar-refractivity contribution is -0.142. The van der Waals surface area contributed by atoms with Crippen LogP contribution >= 0.6 is 0 Å². The van der Waals surface area contributed by atoms with Gasteiger partial charge in [0.1, 0.15) is 6.04 Å². The Morgan fingerprint density at radius 1 is 1.18 bits per heavy atom. The molecule has 1 N–H and O–H groups in total. The number of anilines is 1. The molecule has 17 heavy (non-hydrogen) atoms. The van der Waals surface area contributed by atoms with Crippen LogP contribution in [-0.2, 0) is 0 Å². The number of halogens is 5. The lowest BCUT2D eigenvalue weighted by Crippen LogP contribution is -2.41. The van der Waals surface area contributed by atoms with Gasteiger partial charge in [-0.2, -0.15) is 13.2 Å². The molecule has 1 unspecified atom stereocenters. The highest BCUT2D eigenvalue weighted by molar-refractivity contribution is 6.03. The summed E-state index contributed by atoms with van der Waals surface area (Å²) >= 11 is 0. The largest absolute Gasteiger partial charge is 0.408 e. The van der Waals surface area contributed by atoms with Crippen LogP contribution < -0.4 is 5.32 Å². The Bertz CT molecular complexity index is 482. The molecule has 1 aromatic rings. The maximum Gasteiger partial charge on any atom is 0.408 e. The van der Waals surface area contributed by atoms with E-state index in [1.807, 2.05) is 5.32 Å². The highest BCUT2D eigenvalue weighted by Crippen LogP contribution is 2.33. The molecule has 1 aliphatic rings. The molecule has 0 fully saturated rings. The molecule has 2 rings (SSSR count). The monoisotopic (exact) mass is 251 g/mol. The third-order valence-corrected chi connectivity index (χ3v) is 2.48. The zero-order chi connectivity index (χ0) is 12.8. The molecule has 0 saturated carbocycles. The minimum atomic E-state index is -4.61. The lowest BCUT2D eigenvalue weighted by atomic mass is 9.96.